The second kappa shape index (κ2) is 6.57. The maximum absolute atomic E-state index is 12.4. The molecular formula is C19H16N4OS. The molecule has 2 heterocycles. The van der Waals surface area contributed by atoms with Crippen molar-refractivity contribution in [3.8, 4) is 0 Å². The van der Waals surface area contributed by atoms with Gasteiger partial charge in [0.1, 0.15) is 0 Å². The zero-order valence-electron chi connectivity index (χ0n) is 13.7. The molecular weight excluding hydrogens is 332 g/mol. The van der Waals surface area contributed by atoms with Crippen molar-refractivity contribution in [1.82, 2.24) is 19.2 Å². The first-order valence-corrected chi connectivity index (χ1v) is 8.91. The van der Waals surface area contributed by atoms with E-state index in [9.17, 15) is 4.79 Å². The monoisotopic (exact) mass is 348 g/mol. The van der Waals surface area contributed by atoms with Gasteiger partial charge in [-0.3, -0.25) is 13.8 Å². The number of thioether (sulfide) groups is 1. The van der Waals surface area contributed by atoms with Gasteiger partial charge in [-0.05, 0) is 17.7 Å². The van der Waals surface area contributed by atoms with Gasteiger partial charge in [0.2, 0.25) is 5.78 Å². The first-order valence-electron chi connectivity index (χ1n) is 7.93. The summed E-state index contributed by atoms with van der Waals surface area (Å²) in [5, 5.41) is 9.91. The first kappa shape index (κ1) is 15.7. The molecule has 124 valence electrons. The third kappa shape index (κ3) is 2.85. The summed E-state index contributed by atoms with van der Waals surface area (Å²) in [6.07, 6.45) is 4.19. The first-order chi connectivity index (χ1) is 12.3. The molecule has 4 rings (SSSR count). The van der Waals surface area contributed by atoms with Crippen molar-refractivity contribution in [3.05, 3.63) is 76.6 Å². The lowest BCUT2D eigenvalue weighted by atomic mass is 10.2. The maximum Gasteiger partial charge on any atom is 0.262 e. The topological polar surface area (TPSA) is 52.2 Å². The highest BCUT2D eigenvalue weighted by Gasteiger charge is 2.14. The predicted octanol–water partition coefficient (Wildman–Crippen LogP) is 3.39. The van der Waals surface area contributed by atoms with Crippen LogP contribution in [0.25, 0.3) is 22.8 Å². The lowest BCUT2D eigenvalue weighted by molar-refractivity contribution is 0.853. The van der Waals surface area contributed by atoms with Gasteiger partial charge >= 0.3 is 0 Å². The Labute approximate surface area is 148 Å². The summed E-state index contributed by atoms with van der Waals surface area (Å²) in [7, 11) is 1.72. The Kier molecular flexibility index (Phi) is 4.11. The molecule has 0 amide bonds. The fourth-order valence-corrected chi connectivity index (χ4v) is 3.52. The van der Waals surface area contributed by atoms with Crippen LogP contribution in [-0.4, -0.2) is 24.9 Å². The second-order valence-corrected chi connectivity index (χ2v) is 6.61. The molecule has 0 N–H and O–H groups in total. The van der Waals surface area contributed by atoms with E-state index >= 15 is 0 Å². The summed E-state index contributed by atoms with van der Waals surface area (Å²) in [4.78, 5) is 12.4. The average Bonchev–Trinajstić information content (AvgIpc) is 3.08. The SMILES string of the molecule is Cn1c(=O)c2ccccc2n2c(SC/C=C/c3ccccc3)nnc12. The number of benzene rings is 2. The number of para-hydroxylation sites is 1. The highest BCUT2D eigenvalue weighted by molar-refractivity contribution is 7.99. The summed E-state index contributed by atoms with van der Waals surface area (Å²) in [6, 6.07) is 17.7. The van der Waals surface area contributed by atoms with E-state index in [1.807, 2.05) is 46.9 Å². The van der Waals surface area contributed by atoms with Crippen LogP contribution < -0.4 is 5.56 Å². The number of aromatic nitrogens is 4. The largest absolute Gasteiger partial charge is 0.279 e. The van der Waals surface area contributed by atoms with E-state index < -0.39 is 0 Å². The molecule has 0 aliphatic carbocycles. The zero-order chi connectivity index (χ0) is 17.2. The van der Waals surface area contributed by atoms with E-state index in [1.165, 1.54) is 5.56 Å². The number of rotatable bonds is 4. The summed E-state index contributed by atoms with van der Waals surface area (Å²) in [5.41, 5.74) is 1.94. The minimum atomic E-state index is -0.0592. The molecule has 4 aromatic rings. The molecule has 0 saturated carbocycles. The second-order valence-electron chi connectivity index (χ2n) is 5.62. The van der Waals surface area contributed by atoms with Crippen LogP contribution in [0.2, 0.25) is 0 Å². The zero-order valence-corrected chi connectivity index (χ0v) is 14.5. The van der Waals surface area contributed by atoms with Crippen LogP contribution in [0, 0.1) is 0 Å². The Morgan fingerprint density at radius 2 is 1.80 bits per heavy atom. The molecule has 25 heavy (non-hydrogen) atoms. The highest BCUT2D eigenvalue weighted by atomic mass is 32.2. The van der Waals surface area contributed by atoms with E-state index in [4.69, 9.17) is 0 Å². The summed E-state index contributed by atoms with van der Waals surface area (Å²) in [5.74, 6) is 1.32. The molecule has 0 aliphatic rings. The number of hydrogen-bond donors (Lipinski definition) is 0. The number of aryl methyl sites for hydroxylation is 1. The minimum absolute atomic E-state index is 0.0592. The van der Waals surface area contributed by atoms with Crippen LogP contribution in [-0.2, 0) is 7.05 Å². The quantitative estimate of drug-likeness (QED) is 0.531. The lowest BCUT2D eigenvalue weighted by Gasteiger charge is -2.06. The van der Waals surface area contributed by atoms with Gasteiger partial charge in [-0.25, -0.2) is 0 Å². The van der Waals surface area contributed by atoms with Gasteiger partial charge in [-0.15, -0.1) is 10.2 Å². The van der Waals surface area contributed by atoms with Crippen LogP contribution >= 0.6 is 11.8 Å². The molecule has 0 fully saturated rings. The minimum Gasteiger partial charge on any atom is -0.279 e. The standard InChI is InChI=1S/C19H16N4OS/c1-22-17(24)15-11-5-6-12-16(15)23-18(22)20-21-19(23)25-13-7-10-14-8-3-2-4-9-14/h2-12H,13H2,1H3/b10-7+. The van der Waals surface area contributed by atoms with E-state index in [1.54, 1.807) is 23.4 Å². The van der Waals surface area contributed by atoms with Crippen molar-refractivity contribution < 1.29 is 0 Å². The van der Waals surface area contributed by atoms with Crippen LogP contribution in [0.1, 0.15) is 5.56 Å². The third-order valence-electron chi connectivity index (χ3n) is 4.01. The predicted molar refractivity (Wildman–Crippen MR) is 102 cm³/mol. The Balaban J connectivity index is 1.69. The number of nitrogens with zero attached hydrogens (tertiary/aromatic N) is 4. The van der Waals surface area contributed by atoms with Crippen LogP contribution in [0.3, 0.4) is 0 Å². The fraction of sp³-hybridized carbons (Fsp3) is 0.105. The molecule has 0 unspecified atom stereocenters. The van der Waals surface area contributed by atoms with E-state index in [0.29, 0.717) is 11.2 Å². The highest BCUT2D eigenvalue weighted by Crippen LogP contribution is 2.21. The molecule has 0 radical (unpaired) electrons. The van der Waals surface area contributed by atoms with Crippen molar-refractivity contribution >= 4 is 34.5 Å². The Hall–Kier alpha value is -2.86. The van der Waals surface area contributed by atoms with E-state index in [0.717, 1.165) is 16.4 Å². The molecule has 0 atom stereocenters. The van der Waals surface area contributed by atoms with Crippen LogP contribution in [0.5, 0.6) is 0 Å². The average molecular weight is 348 g/mol. The molecule has 6 heteroatoms. The smallest absolute Gasteiger partial charge is 0.262 e. The molecule has 0 spiro atoms. The van der Waals surface area contributed by atoms with E-state index in [-0.39, 0.29) is 5.56 Å². The van der Waals surface area contributed by atoms with E-state index in [2.05, 4.69) is 34.5 Å². The fourth-order valence-electron chi connectivity index (χ4n) is 2.78. The number of hydrogen-bond acceptors (Lipinski definition) is 4. The third-order valence-corrected chi connectivity index (χ3v) is 4.90. The van der Waals surface area contributed by atoms with Crippen molar-refractivity contribution in [2.75, 3.05) is 5.75 Å². The Bertz CT molecular complexity index is 1130. The Morgan fingerprint density at radius 3 is 2.64 bits per heavy atom. The van der Waals surface area contributed by atoms with Crippen LogP contribution in [0.4, 0.5) is 0 Å². The molecule has 2 aromatic heterocycles. The van der Waals surface area contributed by atoms with Gasteiger partial charge in [0.05, 0.1) is 10.9 Å². The molecule has 5 nitrogen and oxygen atoms in total. The van der Waals surface area contributed by atoms with Crippen molar-refractivity contribution in [3.63, 3.8) is 0 Å². The van der Waals surface area contributed by atoms with Gasteiger partial charge in [0.15, 0.2) is 5.16 Å². The van der Waals surface area contributed by atoms with Gasteiger partial charge < -0.3 is 0 Å². The molecule has 0 aliphatic heterocycles. The van der Waals surface area contributed by atoms with Gasteiger partial charge in [-0.1, -0.05) is 66.4 Å². The molecule has 0 bridgehead atoms. The lowest BCUT2D eigenvalue weighted by Crippen LogP contribution is -2.20. The van der Waals surface area contributed by atoms with Gasteiger partial charge in [0.25, 0.3) is 5.56 Å². The van der Waals surface area contributed by atoms with Gasteiger partial charge in [-0.2, -0.15) is 0 Å². The summed E-state index contributed by atoms with van der Waals surface area (Å²) < 4.78 is 3.48. The van der Waals surface area contributed by atoms with Crippen molar-refractivity contribution in [1.29, 1.82) is 0 Å². The van der Waals surface area contributed by atoms with Crippen LogP contribution in [0.15, 0.2) is 70.6 Å². The van der Waals surface area contributed by atoms with Crippen molar-refractivity contribution in [2.45, 2.75) is 5.16 Å². The Morgan fingerprint density at radius 1 is 1.04 bits per heavy atom. The molecule has 2 aromatic carbocycles. The summed E-state index contributed by atoms with van der Waals surface area (Å²) >= 11 is 1.59. The summed E-state index contributed by atoms with van der Waals surface area (Å²) in [6.45, 7) is 0. The maximum atomic E-state index is 12.4. The van der Waals surface area contributed by atoms with Gasteiger partial charge in [0, 0.05) is 12.8 Å². The van der Waals surface area contributed by atoms with Crippen molar-refractivity contribution in [2.24, 2.45) is 7.05 Å². The molecule has 0 saturated heterocycles. The normalized spacial score (nSPS) is 11.7. The number of fused-ring (bicyclic) bond motifs is 3.